The summed E-state index contributed by atoms with van der Waals surface area (Å²) in [4.78, 5) is 18.7. The smallest absolute Gasteiger partial charge is 0.242 e. The van der Waals surface area contributed by atoms with Crippen molar-refractivity contribution in [1.29, 1.82) is 0 Å². The van der Waals surface area contributed by atoms with Crippen molar-refractivity contribution in [2.24, 2.45) is 0 Å². The Kier molecular flexibility index (Phi) is 8.27. The van der Waals surface area contributed by atoms with Crippen molar-refractivity contribution in [2.75, 3.05) is 13.1 Å². The van der Waals surface area contributed by atoms with Crippen molar-refractivity contribution in [1.82, 2.24) is 15.2 Å². The Bertz CT molecular complexity index is 694. The van der Waals surface area contributed by atoms with Gasteiger partial charge in [-0.05, 0) is 70.8 Å². The molecule has 0 radical (unpaired) electrons. The highest BCUT2D eigenvalue weighted by Crippen LogP contribution is 2.20. The van der Waals surface area contributed by atoms with E-state index in [1.165, 1.54) is 3.57 Å². The first-order valence-corrected chi connectivity index (χ1v) is 9.57. The highest BCUT2D eigenvalue weighted by Gasteiger charge is 2.32. The lowest BCUT2D eigenvalue weighted by molar-refractivity contribution is -0.135. The van der Waals surface area contributed by atoms with E-state index in [0.29, 0.717) is 12.1 Å². The molecule has 1 aromatic carbocycles. The highest BCUT2D eigenvalue weighted by molar-refractivity contribution is 14.1. The van der Waals surface area contributed by atoms with Crippen LogP contribution in [0.5, 0.6) is 0 Å². The fourth-order valence-corrected chi connectivity index (χ4v) is 3.41. The molecule has 7 heteroatoms. The van der Waals surface area contributed by atoms with Crippen LogP contribution in [0.2, 0.25) is 0 Å². The number of aliphatic hydroxyl groups is 1. The number of aromatic nitrogens is 1. The highest BCUT2D eigenvalue weighted by atomic mass is 127. The maximum absolute atomic E-state index is 12.9. The molecule has 26 heavy (non-hydrogen) atoms. The molecule has 0 spiro atoms. The van der Waals surface area contributed by atoms with E-state index in [2.05, 4.69) is 32.9 Å². The summed E-state index contributed by atoms with van der Waals surface area (Å²) in [6, 6.07) is 11.0. The normalized spacial score (nSPS) is 16.0. The quantitative estimate of drug-likeness (QED) is 0.615. The number of carbonyl (C=O) groups excluding carboxylic acids is 1. The third kappa shape index (κ3) is 5.39. The summed E-state index contributed by atoms with van der Waals surface area (Å²) in [5.41, 5.74) is 1.78. The minimum absolute atomic E-state index is 0. The molecule has 1 amide bonds. The summed E-state index contributed by atoms with van der Waals surface area (Å²) in [6.07, 6.45) is 4.42. The van der Waals surface area contributed by atoms with Crippen LogP contribution in [0, 0.1) is 3.57 Å². The lowest BCUT2D eigenvalue weighted by Crippen LogP contribution is -2.48. The Morgan fingerprint density at radius 3 is 2.38 bits per heavy atom. The molecule has 1 fully saturated rings. The van der Waals surface area contributed by atoms with Gasteiger partial charge in [-0.25, -0.2) is 0 Å². The van der Waals surface area contributed by atoms with Gasteiger partial charge in [-0.3, -0.25) is 15.1 Å². The summed E-state index contributed by atoms with van der Waals surface area (Å²) in [7, 11) is 0. The number of rotatable bonds is 6. The molecule has 1 aromatic heterocycles. The number of nitrogens with one attached hydrogen (secondary N) is 1. The van der Waals surface area contributed by atoms with Crippen molar-refractivity contribution in [3.05, 3.63) is 63.5 Å². The van der Waals surface area contributed by atoms with Gasteiger partial charge < -0.3 is 10.0 Å². The average molecular weight is 488 g/mol. The number of hydrogen-bond acceptors (Lipinski definition) is 4. The van der Waals surface area contributed by atoms with Crippen molar-refractivity contribution in [3.8, 4) is 0 Å². The van der Waals surface area contributed by atoms with Crippen LogP contribution in [0.3, 0.4) is 0 Å². The average Bonchev–Trinajstić information content (AvgIpc) is 3.18. The number of halogens is 2. The molecule has 1 aliphatic rings. The summed E-state index contributed by atoms with van der Waals surface area (Å²) < 4.78 is 1.17. The van der Waals surface area contributed by atoms with E-state index >= 15 is 0 Å². The van der Waals surface area contributed by atoms with Crippen LogP contribution in [-0.4, -0.2) is 40.0 Å². The Labute approximate surface area is 173 Å². The second-order valence-corrected chi connectivity index (χ2v) is 7.49. The van der Waals surface area contributed by atoms with E-state index in [1.807, 2.05) is 29.2 Å². The second kappa shape index (κ2) is 10.2. The molecule has 0 saturated carbocycles. The zero-order chi connectivity index (χ0) is 17.6. The molecule has 0 bridgehead atoms. The SMILES string of the molecule is Cl.O=C(C(NCc1ccc(I)cc1)C(O)c1ccncc1)N1CCCC1. The van der Waals surface area contributed by atoms with Crippen LogP contribution in [0.4, 0.5) is 0 Å². The number of carbonyl (C=O) groups is 1. The first kappa shape index (κ1) is 21.1. The second-order valence-electron chi connectivity index (χ2n) is 6.24. The van der Waals surface area contributed by atoms with Crippen molar-refractivity contribution in [3.63, 3.8) is 0 Å². The first-order chi connectivity index (χ1) is 12.1. The van der Waals surface area contributed by atoms with E-state index < -0.39 is 12.1 Å². The fourth-order valence-electron chi connectivity index (χ4n) is 3.05. The molecule has 2 unspecified atom stereocenters. The molecule has 0 aliphatic carbocycles. The van der Waals surface area contributed by atoms with E-state index in [0.717, 1.165) is 31.5 Å². The van der Waals surface area contributed by atoms with Crippen LogP contribution in [0.25, 0.3) is 0 Å². The minimum atomic E-state index is -0.903. The molecule has 140 valence electrons. The van der Waals surface area contributed by atoms with Crippen LogP contribution < -0.4 is 5.32 Å². The van der Waals surface area contributed by atoms with E-state index in [9.17, 15) is 9.90 Å². The van der Waals surface area contributed by atoms with Gasteiger partial charge in [0.05, 0.1) is 0 Å². The number of nitrogens with zero attached hydrogens (tertiary/aromatic N) is 2. The van der Waals surface area contributed by atoms with Crippen LogP contribution in [0.1, 0.15) is 30.1 Å². The lowest BCUT2D eigenvalue weighted by Gasteiger charge is -2.28. The van der Waals surface area contributed by atoms with Gasteiger partial charge in [0.15, 0.2) is 0 Å². The number of pyridine rings is 1. The van der Waals surface area contributed by atoms with E-state index in [1.54, 1.807) is 24.5 Å². The van der Waals surface area contributed by atoms with Crippen molar-refractivity contribution >= 4 is 40.9 Å². The van der Waals surface area contributed by atoms with Crippen LogP contribution >= 0.6 is 35.0 Å². The number of hydrogen-bond donors (Lipinski definition) is 2. The lowest BCUT2D eigenvalue weighted by atomic mass is 10.0. The molecule has 2 N–H and O–H groups in total. The van der Waals surface area contributed by atoms with Gasteiger partial charge >= 0.3 is 0 Å². The first-order valence-electron chi connectivity index (χ1n) is 8.50. The van der Waals surface area contributed by atoms with Gasteiger partial charge in [0, 0.05) is 35.6 Å². The van der Waals surface area contributed by atoms with Gasteiger partial charge in [-0.15, -0.1) is 12.4 Å². The summed E-state index contributed by atoms with van der Waals surface area (Å²) >= 11 is 2.27. The number of aliphatic hydroxyl groups excluding tert-OH is 1. The molecule has 5 nitrogen and oxygen atoms in total. The number of likely N-dealkylation sites (tertiary alicyclic amines) is 1. The van der Waals surface area contributed by atoms with Crippen LogP contribution in [0.15, 0.2) is 48.8 Å². The third-order valence-corrected chi connectivity index (χ3v) is 5.21. The topological polar surface area (TPSA) is 65.5 Å². The predicted molar refractivity (Wildman–Crippen MR) is 112 cm³/mol. The summed E-state index contributed by atoms with van der Waals surface area (Å²) in [5.74, 6) is -0.0349. The Morgan fingerprint density at radius 1 is 1.15 bits per heavy atom. The van der Waals surface area contributed by atoms with Gasteiger partial charge in [0.25, 0.3) is 0 Å². The predicted octanol–water partition coefficient (Wildman–Crippen LogP) is 2.92. The van der Waals surface area contributed by atoms with Crippen molar-refractivity contribution in [2.45, 2.75) is 31.5 Å². The molecule has 2 heterocycles. The standard InChI is InChI=1S/C19H22IN3O2.ClH/c20-16-5-3-14(4-6-16)13-22-17(19(25)23-11-1-2-12-23)18(24)15-7-9-21-10-8-15;/h3-10,17-18,22,24H,1-2,11-13H2;1H. The van der Waals surface area contributed by atoms with Gasteiger partial charge in [0.1, 0.15) is 12.1 Å². The third-order valence-electron chi connectivity index (χ3n) is 4.49. The van der Waals surface area contributed by atoms with E-state index in [4.69, 9.17) is 0 Å². The monoisotopic (exact) mass is 487 g/mol. The molecule has 2 aromatic rings. The van der Waals surface area contributed by atoms with Crippen LogP contribution in [-0.2, 0) is 11.3 Å². The molecule has 1 aliphatic heterocycles. The zero-order valence-corrected chi connectivity index (χ0v) is 17.3. The van der Waals surface area contributed by atoms with Gasteiger partial charge in [-0.1, -0.05) is 12.1 Å². The molecular weight excluding hydrogens is 465 g/mol. The molecule has 2 atom stereocenters. The maximum atomic E-state index is 12.9. The van der Waals surface area contributed by atoms with E-state index in [-0.39, 0.29) is 18.3 Å². The molecule has 1 saturated heterocycles. The largest absolute Gasteiger partial charge is 0.386 e. The Hall–Kier alpha value is -1.22. The Balaban J connectivity index is 0.00000243. The molecule has 3 rings (SSSR count). The number of benzene rings is 1. The zero-order valence-electron chi connectivity index (χ0n) is 14.3. The van der Waals surface area contributed by atoms with Gasteiger partial charge in [-0.2, -0.15) is 0 Å². The molecular formula is C19H23ClIN3O2. The number of amides is 1. The fraction of sp³-hybridized carbons (Fsp3) is 0.368. The summed E-state index contributed by atoms with van der Waals surface area (Å²) in [6.45, 7) is 2.07. The maximum Gasteiger partial charge on any atom is 0.242 e. The minimum Gasteiger partial charge on any atom is -0.386 e. The van der Waals surface area contributed by atoms with Gasteiger partial charge in [0.2, 0.25) is 5.91 Å². The van der Waals surface area contributed by atoms with Crippen molar-refractivity contribution < 1.29 is 9.90 Å². The Morgan fingerprint density at radius 2 is 1.77 bits per heavy atom. The summed E-state index contributed by atoms with van der Waals surface area (Å²) in [5, 5.41) is 14.1.